The molecule has 0 radical (unpaired) electrons. The van der Waals surface area contributed by atoms with Gasteiger partial charge in [0.25, 0.3) is 11.6 Å². The first-order valence-electron chi connectivity index (χ1n) is 10.1. The highest BCUT2D eigenvalue weighted by atomic mass is 32.2. The summed E-state index contributed by atoms with van der Waals surface area (Å²) in [6.07, 6.45) is 1.29. The fraction of sp³-hybridized carbons (Fsp3) is 0.0833. The van der Waals surface area contributed by atoms with Crippen molar-refractivity contribution in [1.82, 2.24) is 0 Å². The number of nitro groups is 1. The van der Waals surface area contributed by atoms with Crippen molar-refractivity contribution in [3.63, 3.8) is 0 Å². The van der Waals surface area contributed by atoms with Crippen molar-refractivity contribution in [2.24, 2.45) is 0 Å². The number of benzene rings is 3. The zero-order valence-corrected chi connectivity index (χ0v) is 19.8. The molecule has 0 aliphatic rings. The highest BCUT2D eigenvalue weighted by Crippen LogP contribution is 2.32. The molecule has 0 atom stereocenters. The van der Waals surface area contributed by atoms with E-state index in [1.54, 1.807) is 24.3 Å². The maximum atomic E-state index is 12.6. The second kappa shape index (κ2) is 11.0. The van der Waals surface area contributed by atoms with Crippen molar-refractivity contribution in [2.45, 2.75) is 4.90 Å². The fourth-order valence-electron chi connectivity index (χ4n) is 3.00. The molecule has 3 aromatic rings. The summed E-state index contributed by atoms with van der Waals surface area (Å²) in [6.45, 7) is 0. The Morgan fingerprint density at radius 3 is 2.28 bits per heavy atom. The summed E-state index contributed by atoms with van der Waals surface area (Å²) < 4.78 is 40.8. The summed E-state index contributed by atoms with van der Waals surface area (Å²) in [4.78, 5) is 22.4. The zero-order chi connectivity index (χ0) is 26.3. The van der Waals surface area contributed by atoms with Crippen LogP contribution < -0.4 is 19.0 Å². The van der Waals surface area contributed by atoms with E-state index in [0.717, 1.165) is 24.3 Å². The number of nitro benzene ring substituents is 1. The van der Waals surface area contributed by atoms with Crippen molar-refractivity contribution in [3.8, 4) is 23.3 Å². The molecule has 36 heavy (non-hydrogen) atoms. The molecular formula is C24H19N3O8S. The number of nitriles is 1. The molecule has 0 unspecified atom stereocenters. The normalized spacial score (nSPS) is 11.2. The van der Waals surface area contributed by atoms with Crippen LogP contribution in [0.1, 0.15) is 5.56 Å². The van der Waals surface area contributed by atoms with Gasteiger partial charge in [0.05, 0.1) is 24.8 Å². The largest absolute Gasteiger partial charge is 0.495 e. The number of methoxy groups -OCH3 is 2. The summed E-state index contributed by atoms with van der Waals surface area (Å²) in [7, 11) is -1.60. The predicted octanol–water partition coefficient (Wildman–Crippen LogP) is 3.93. The first-order valence-corrected chi connectivity index (χ1v) is 11.5. The summed E-state index contributed by atoms with van der Waals surface area (Å²) >= 11 is 0. The van der Waals surface area contributed by atoms with Gasteiger partial charge in [-0.3, -0.25) is 14.9 Å². The minimum Gasteiger partial charge on any atom is -0.495 e. The Morgan fingerprint density at radius 1 is 1.00 bits per heavy atom. The number of rotatable bonds is 9. The van der Waals surface area contributed by atoms with Gasteiger partial charge in [0, 0.05) is 12.1 Å². The molecule has 3 aromatic carbocycles. The lowest BCUT2D eigenvalue weighted by Crippen LogP contribution is -2.14. The molecule has 3 rings (SSSR count). The molecule has 0 spiro atoms. The van der Waals surface area contributed by atoms with Gasteiger partial charge in [-0.05, 0) is 48.0 Å². The van der Waals surface area contributed by atoms with Crippen molar-refractivity contribution >= 4 is 33.5 Å². The van der Waals surface area contributed by atoms with Gasteiger partial charge in [-0.2, -0.15) is 13.7 Å². The van der Waals surface area contributed by atoms with Crippen LogP contribution in [0.2, 0.25) is 0 Å². The van der Waals surface area contributed by atoms with Crippen LogP contribution in [0.4, 0.5) is 11.4 Å². The van der Waals surface area contributed by atoms with Gasteiger partial charge in [-0.15, -0.1) is 0 Å². The van der Waals surface area contributed by atoms with Crippen molar-refractivity contribution < 1.29 is 31.8 Å². The molecule has 1 N–H and O–H groups in total. The molecule has 184 valence electrons. The minimum absolute atomic E-state index is 0.0108. The summed E-state index contributed by atoms with van der Waals surface area (Å²) in [5.74, 6) is -0.413. The summed E-state index contributed by atoms with van der Waals surface area (Å²) in [5.41, 5.74) is 0.239. The Morgan fingerprint density at radius 2 is 1.67 bits per heavy atom. The number of carbonyl (C=O) groups is 1. The molecule has 0 saturated heterocycles. The first kappa shape index (κ1) is 25.7. The van der Waals surface area contributed by atoms with Gasteiger partial charge >= 0.3 is 10.1 Å². The van der Waals surface area contributed by atoms with Crippen LogP contribution in [0.25, 0.3) is 6.08 Å². The van der Waals surface area contributed by atoms with Gasteiger partial charge < -0.3 is 19.0 Å². The summed E-state index contributed by atoms with van der Waals surface area (Å²) in [6, 6.07) is 16.8. The number of hydrogen-bond acceptors (Lipinski definition) is 9. The molecule has 0 saturated carbocycles. The van der Waals surface area contributed by atoms with Crippen LogP contribution in [0.3, 0.4) is 0 Å². The van der Waals surface area contributed by atoms with Crippen LogP contribution in [0, 0.1) is 21.4 Å². The molecular weight excluding hydrogens is 490 g/mol. The molecule has 0 aromatic heterocycles. The maximum absolute atomic E-state index is 12.6. The van der Waals surface area contributed by atoms with E-state index >= 15 is 0 Å². The third-order valence-electron chi connectivity index (χ3n) is 4.75. The average Bonchev–Trinajstić information content (AvgIpc) is 2.88. The highest BCUT2D eigenvalue weighted by molar-refractivity contribution is 7.87. The number of nitrogens with one attached hydrogen (secondary N) is 1. The van der Waals surface area contributed by atoms with Crippen LogP contribution in [-0.4, -0.2) is 33.5 Å². The Hall–Kier alpha value is -4.89. The Bertz CT molecular complexity index is 1480. The number of non-ortho nitro benzene ring substituents is 1. The number of anilines is 1. The molecule has 11 nitrogen and oxygen atoms in total. The third kappa shape index (κ3) is 5.96. The Labute approximate surface area is 206 Å². The van der Waals surface area contributed by atoms with E-state index < -0.39 is 20.9 Å². The first-order chi connectivity index (χ1) is 17.2. The van der Waals surface area contributed by atoms with Gasteiger partial charge in [-0.1, -0.05) is 18.2 Å². The lowest BCUT2D eigenvalue weighted by atomic mass is 10.1. The molecule has 0 bridgehead atoms. The van der Waals surface area contributed by atoms with Crippen LogP contribution >= 0.6 is 0 Å². The quantitative estimate of drug-likeness (QED) is 0.148. The number of nitrogens with zero attached hydrogens (tertiary/aromatic N) is 2. The Kier molecular flexibility index (Phi) is 7.88. The van der Waals surface area contributed by atoms with Crippen LogP contribution in [0.15, 0.2) is 77.2 Å². The maximum Gasteiger partial charge on any atom is 0.339 e. The van der Waals surface area contributed by atoms with E-state index in [2.05, 4.69) is 5.32 Å². The number of hydrogen-bond donors (Lipinski definition) is 1. The number of amides is 1. The van der Waals surface area contributed by atoms with E-state index in [4.69, 9.17) is 13.7 Å². The molecule has 1 amide bonds. The number of carbonyl (C=O) groups excluding carboxylic acids is 1. The molecule has 0 fully saturated rings. The van der Waals surface area contributed by atoms with Gasteiger partial charge in [0.15, 0.2) is 11.5 Å². The zero-order valence-electron chi connectivity index (χ0n) is 19.0. The SMILES string of the molecule is COc1ccccc1NC(=O)/C(C#N)=C/c1ccc(OS(=O)(=O)c2ccc([N+](=O)[O-])cc2)c(OC)c1. The fourth-order valence-corrected chi connectivity index (χ4v) is 3.94. The monoisotopic (exact) mass is 509 g/mol. The van der Waals surface area contributed by atoms with Crippen LogP contribution in [0.5, 0.6) is 17.2 Å². The van der Waals surface area contributed by atoms with E-state index in [-0.39, 0.29) is 27.7 Å². The smallest absolute Gasteiger partial charge is 0.339 e. The van der Waals surface area contributed by atoms with Gasteiger partial charge in [0.1, 0.15) is 22.3 Å². The second-order valence-corrected chi connectivity index (χ2v) is 8.57. The number of ether oxygens (including phenoxy) is 2. The van der Waals surface area contributed by atoms with E-state index in [1.807, 2.05) is 6.07 Å². The topological polar surface area (TPSA) is 158 Å². The lowest BCUT2D eigenvalue weighted by Gasteiger charge is -2.12. The third-order valence-corrected chi connectivity index (χ3v) is 6.00. The van der Waals surface area contributed by atoms with E-state index in [1.165, 1.54) is 38.5 Å². The second-order valence-electron chi connectivity index (χ2n) is 7.02. The number of para-hydroxylation sites is 2. The van der Waals surface area contributed by atoms with E-state index in [0.29, 0.717) is 17.0 Å². The average molecular weight is 509 g/mol. The highest BCUT2D eigenvalue weighted by Gasteiger charge is 2.21. The lowest BCUT2D eigenvalue weighted by molar-refractivity contribution is -0.384. The molecule has 12 heteroatoms. The predicted molar refractivity (Wildman–Crippen MR) is 129 cm³/mol. The summed E-state index contributed by atoms with van der Waals surface area (Å²) in [5, 5.41) is 22.9. The standard InChI is InChI=1S/C24H19N3O8S/c1-33-21-6-4-3-5-20(21)26-24(28)17(15-25)13-16-7-12-22(23(14-16)34-2)35-36(31,32)19-10-8-18(9-11-19)27(29)30/h3-14H,1-2H3,(H,26,28)/b17-13+. The Balaban J connectivity index is 1.84. The molecule has 0 aliphatic carbocycles. The van der Waals surface area contributed by atoms with Crippen LogP contribution in [-0.2, 0) is 14.9 Å². The molecule has 0 heterocycles. The van der Waals surface area contributed by atoms with Gasteiger partial charge in [-0.25, -0.2) is 0 Å². The van der Waals surface area contributed by atoms with Crippen molar-refractivity contribution in [3.05, 3.63) is 88.0 Å². The minimum atomic E-state index is -4.33. The van der Waals surface area contributed by atoms with E-state index in [9.17, 15) is 28.6 Å². The molecule has 0 aliphatic heterocycles. The van der Waals surface area contributed by atoms with Crippen molar-refractivity contribution in [1.29, 1.82) is 5.26 Å². The van der Waals surface area contributed by atoms with Crippen molar-refractivity contribution in [2.75, 3.05) is 19.5 Å². The van der Waals surface area contributed by atoms with Gasteiger partial charge in [0.2, 0.25) is 0 Å².